The Kier molecular flexibility index (Phi) is 7.15. The zero-order chi connectivity index (χ0) is 25.4. The molecule has 0 N–H and O–H groups in total. The predicted octanol–water partition coefficient (Wildman–Crippen LogP) is 6.08. The fraction of sp³-hybridized carbons (Fsp3) is 0.333. The molecule has 1 aliphatic rings. The average molecular weight is 508 g/mol. The molecule has 2 aromatic heterocycles. The van der Waals surface area contributed by atoms with Gasteiger partial charge in [0.25, 0.3) is 11.5 Å². The number of hydrogen-bond donors (Lipinski definition) is 0. The van der Waals surface area contributed by atoms with Crippen molar-refractivity contribution in [3.63, 3.8) is 0 Å². The van der Waals surface area contributed by atoms with Crippen molar-refractivity contribution < 1.29 is 9.53 Å². The van der Waals surface area contributed by atoms with E-state index in [9.17, 15) is 9.59 Å². The van der Waals surface area contributed by atoms with Crippen LogP contribution < -0.4 is 10.3 Å². The molecule has 1 saturated heterocycles. The Bertz CT molecular complexity index is 1420. The molecule has 0 saturated carbocycles. The lowest BCUT2D eigenvalue weighted by Gasteiger charge is -2.17. The van der Waals surface area contributed by atoms with E-state index in [0.29, 0.717) is 27.2 Å². The van der Waals surface area contributed by atoms with Crippen molar-refractivity contribution in [3.8, 4) is 11.6 Å². The maximum Gasteiger partial charge on any atom is 0.269 e. The molecular formula is C27H29N3O3S2. The number of pyridine rings is 1. The minimum Gasteiger partial charge on any atom is -0.438 e. The molecule has 3 heterocycles. The molecule has 1 aromatic carbocycles. The normalized spacial score (nSPS) is 15.3. The number of hydrogen-bond acceptors (Lipinski definition) is 6. The summed E-state index contributed by atoms with van der Waals surface area (Å²) >= 11 is 6.65. The van der Waals surface area contributed by atoms with E-state index in [4.69, 9.17) is 21.9 Å². The third-order valence-corrected chi connectivity index (χ3v) is 7.12. The minimum atomic E-state index is -0.304. The first-order valence-corrected chi connectivity index (χ1v) is 12.8. The van der Waals surface area contributed by atoms with Gasteiger partial charge in [0.2, 0.25) is 5.88 Å². The number of benzene rings is 1. The molecule has 1 aliphatic heterocycles. The van der Waals surface area contributed by atoms with Crippen LogP contribution in [0, 0.1) is 19.8 Å². The standard InChI is InChI=1S/C27H29N3O3S2/c1-15(2)14-30-26(32)22(35-27(30)34)13-20-24(28-23-18(6)8-7-11-29(23)25(20)31)33-21-12-17(5)9-10-19(21)16(3)4/h7-13,15-16H,14H2,1-6H3/b22-13+. The van der Waals surface area contributed by atoms with Crippen molar-refractivity contribution in [3.05, 3.63) is 74.0 Å². The van der Waals surface area contributed by atoms with Gasteiger partial charge in [0.1, 0.15) is 21.3 Å². The summed E-state index contributed by atoms with van der Waals surface area (Å²) in [6.45, 7) is 12.7. The number of ether oxygens (including phenoxy) is 1. The Morgan fingerprint density at radius 1 is 1.14 bits per heavy atom. The van der Waals surface area contributed by atoms with Gasteiger partial charge in [-0.25, -0.2) is 0 Å². The molecule has 6 nitrogen and oxygen atoms in total. The molecule has 0 radical (unpaired) electrons. The molecule has 1 amide bonds. The molecule has 182 valence electrons. The number of aryl methyl sites for hydroxylation is 2. The molecule has 0 bridgehead atoms. The molecule has 0 unspecified atom stereocenters. The Balaban J connectivity index is 1.90. The molecule has 3 aromatic rings. The second-order valence-corrected chi connectivity index (χ2v) is 11.2. The summed E-state index contributed by atoms with van der Waals surface area (Å²) in [5.74, 6) is 1.09. The largest absolute Gasteiger partial charge is 0.438 e. The van der Waals surface area contributed by atoms with Crippen LogP contribution in [0.4, 0.5) is 0 Å². The quantitative estimate of drug-likeness (QED) is 0.297. The Hall–Kier alpha value is -2.97. The molecule has 0 atom stereocenters. The van der Waals surface area contributed by atoms with E-state index >= 15 is 0 Å². The van der Waals surface area contributed by atoms with Crippen LogP contribution in [0.3, 0.4) is 0 Å². The molecule has 0 aliphatic carbocycles. The van der Waals surface area contributed by atoms with Crippen LogP contribution in [-0.4, -0.2) is 31.1 Å². The van der Waals surface area contributed by atoms with Gasteiger partial charge in [-0.15, -0.1) is 0 Å². The Labute approximate surface area is 215 Å². The van der Waals surface area contributed by atoms with Crippen LogP contribution in [0.1, 0.15) is 55.9 Å². The Morgan fingerprint density at radius 3 is 2.57 bits per heavy atom. The van der Waals surface area contributed by atoms with Crippen LogP contribution in [0.2, 0.25) is 0 Å². The highest BCUT2D eigenvalue weighted by Crippen LogP contribution is 2.36. The van der Waals surface area contributed by atoms with Crippen molar-refractivity contribution in [1.82, 2.24) is 14.3 Å². The summed E-state index contributed by atoms with van der Waals surface area (Å²) in [4.78, 5) is 33.5. The van der Waals surface area contributed by atoms with Gasteiger partial charge in [-0.2, -0.15) is 4.98 Å². The minimum absolute atomic E-state index is 0.172. The van der Waals surface area contributed by atoms with Gasteiger partial charge in [-0.1, -0.05) is 69.9 Å². The lowest BCUT2D eigenvalue weighted by atomic mass is 10.0. The molecule has 8 heteroatoms. The number of thioether (sulfide) groups is 1. The van der Waals surface area contributed by atoms with Crippen LogP contribution >= 0.6 is 24.0 Å². The number of amides is 1. The summed E-state index contributed by atoms with van der Waals surface area (Å²) < 4.78 is 8.33. The maximum atomic E-state index is 13.6. The highest BCUT2D eigenvalue weighted by atomic mass is 32.2. The SMILES string of the molecule is Cc1ccc(C(C)C)c(Oc2nc3c(C)cccn3c(=O)c2/C=C2/SC(=S)N(CC(C)C)C2=O)c1. The van der Waals surface area contributed by atoms with Crippen LogP contribution in [0.15, 0.2) is 46.2 Å². The lowest BCUT2D eigenvalue weighted by Crippen LogP contribution is -2.31. The summed E-state index contributed by atoms with van der Waals surface area (Å²) in [5.41, 5.74) is 3.31. The molecule has 1 fully saturated rings. The number of aromatic nitrogens is 2. The van der Waals surface area contributed by atoms with E-state index in [1.54, 1.807) is 23.2 Å². The summed E-state index contributed by atoms with van der Waals surface area (Å²) in [6.07, 6.45) is 3.25. The van der Waals surface area contributed by atoms with Crippen molar-refractivity contribution in [2.24, 2.45) is 5.92 Å². The maximum absolute atomic E-state index is 13.6. The van der Waals surface area contributed by atoms with Crippen molar-refractivity contribution >= 4 is 45.9 Å². The van der Waals surface area contributed by atoms with Crippen molar-refractivity contribution in [2.45, 2.75) is 47.5 Å². The fourth-order valence-electron chi connectivity index (χ4n) is 3.96. The fourth-order valence-corrected chi connectivity index (χ4v) is 5.21. The molecular weight excluding hydrogens is 478 g/mol. The predicted molar refractivity (Wildman–Crippen MR) is 146 cm³/mol. The summed E-state index contributed by atoms with van der Waals surface area (Å²) in [7, 11) is 0. The van der Waals surface area contributed by atoms with Gasteiger partial charge < -0.3 is 4.74 Å². The Morgan fingerprint density at radius 2 is 1.89 bits per heavy atom. The average Bonchev–Trinajstić information content (AvgIpc) is 3.04. The number of carbonyl (C=O) groups is 1. The second kappa shape index (κ2) is 9.95. The zero-order valence-corrected chi connectivity index (χ0v) is 22.4. The second-order valence-electron chi connectivity index (χ2n) is 9.50. The van der Waals surface area contributed by atoms with E-state index in [1.165, 1.54) is 16.2 Å². The highest BCUT2D eigenvalue weighted by Gasteiger charge is 2.33. The van der Waals surface area contributed by atoms with Gasteiger partial charge in [-0.05, 0) is 60.6 Å². The van der Waals surface area contributed by atoms with E-state index in [-0.39, 0.29) is 34.7 Å². The zero-order valence-electron chi connectivity index (χ0n) is 20.8. The number of carbonyl (C=O) groups excluding carboxylic acids is 1. The van der Waals surface area contributed by atoms with Crippen LogP contribution in [0.25, 0.3) is 11.7 Å². The topological polar surface area (TPSA) is 63.9 Å². The van der Waals surface area contributed by atoms with E-state index in [2.05, 4.69) is 13.8 Å². The van der Waals surface area contributed by atoms with Crippen molar-refractivity contribution in [2.75, 3.05) is 6.54 Å². The third-order valence-electron chi connectivity index (χ3n) is 5.74. The summed E-state index contributed by atoms with van der Waals surface area (Å²) in [6, 6.07) is 9.72. The van der Waals surface area contributed by atoms with Gasteiger partial charge in [0.05, 0.1) is 4.91 Å². The molecule has 35 heavy (non-hydrogen) atoms. The third kappa shape index (κ3) is 5.04. The number of rotatable bonds is 6. The number of nitrogens with zero attached hydrogens (tertiary/aromatic N) is 3. The van der Waals surface area contributed by atoms with Gasteiger partial charge >= 0.3 is 0 Å². The van der Waals surface area contributed by atoms with Gasteiger partial charge in [0.15, 0.2) is 0 Å². The first kappa shape index (κ1) is 25.1. The van der Waals surface area contributed by atoms with E-state index < -0.39 is 0 Å². The van der Waals surface area contributed by atoms with Crippen LogP contribution in [0.5, 0.6) is 11.6 Å². The number of thiocarbonyl (C=S) groups is 1. The van der Waals surface area contributed by atoms with Crippen molar-refractivity contribution in [1.29, 1.82) is 0 Å². The van der Waals surface area contributed by atoms with Gasteiger partial charge in [-0.3, -0.25) is 18.9 Å². The van der Waals surface area contributed by atoms with E-state index in [1.807, 2.05) is 52.0 Å². The van der Waals surface area contributed by atoms with Gasteiger partial charge in [0, 0.05) is 12.7 Å². The molecule has 0 spiro atoms. The summed E-state index contributed by atoms with van der Waals surface area (Å²) in [5, 5.41) is 0. The number of fused-ring (bicyclic) bond motifs is 1. The van der Waals surface area contributed by atoms with E-state index in [0.717, 1.165) is 16.7 Å². The highest BCUT2D eigenvalue weighted by molar-refractivity contribution is 8.26. The lowest BCUT2D eigenvalue weighted by molar-refractivity contribution is -0.122. The molecule has 4 rings (SSSR count). The first-order valence-electron chi connectivity index (χ1n) is 11.6. The van der Waals surface area contributed by atoms with Crippen LogP contribution in [-0.2, 0) is 4.79 Å². The monoisotopic (exact) mass is 507 g/mol. The smallest absolute Gasteiger partial charge is 0.269 e. The first-order chi connectivity index (χ1) is 16.6.